The van der Waals surface area contributed by atoms with Crippen LogP contribution in [0.2, 0.25) is 0 Å². The van der Waals surface area contributed by atoms with E-state index in [1.54, 1.807) is 6.07 Å². The first-order valence-electron chi connectivity index (χ1n) is 14.1. The van der Waals surface area contributed by atoms with Crippen molar-refractivity contribution in [3.05, 3.63) is 77.9 Å². The number of ether oxygens (including phenoxy) is 1. The minimum Gasteiger partial charge on any atom is -0.508 e. The van der Waals surface area contributed by atoms with Crippen molar-refractivity contribution in [3.8, 4) is 5.75 Å². The molecule has 0 bridgehead atoms. The van der Waals surface area contributed by atoms with E-state index in [9.17, 15) is 14.7 Å². The van der Waals surface area contributed by atoms with E-state index in [4.69, 9.17) is 4.74 Å². The van der Waals surface area contributed by atoms with E-state index >= 15 is 0 Å². The van der Waals surface area contributed by atoms with Gasteiger partial charge in [-0.15, -0.1) is 0 Å². The van der Waals surface area contributed by atoms with Crippen molar-refractivity contribution in [2.24, 2.45) is 11.8 Å². The number of benzene rings is 3. The molecule has 1 saturated carbocycles. The van der Waals surface area contributed by atoms with E-state index in [0.29, 0.717) is 18.5 Å². The predicted octanol–water partition coefficient (Wildman–Crippen LogP) is 5.63. The summed E-state index contributed by atoms with van der Waals surface area (Å²) in [4.78, 5) is 30.9. The highest BCUT2D eigenvalue weighted by Crippen LogP contribution is 2.51. The van der Waals surface area contributed by atoms with E-state index < -0.39 is 0 Å². The smallest absolute Gasteiger partial charge is 0.302 e. The highest BCUT2D eigenvalue weighted by molar-refractivity contribution is 5.98. The Labute approximate surface area is 231 Å². The number of carbonyl (C=O) groups is 2. The molecule has 6 heteroatoms. The highest BCUT2D eigenvalue weighted by Gasteiger charge is 2.54. The number of piperidine rings is 1. The van der Waals surface area contributed by atoms with E-state index in [-0.39, 0.29) is 47.0 Å². The molecule has 39 heavy (non-hydrogen) atoms. The fourth-order valence-electron chi connectivity index (χ4n) is 6.99. The summed E-state index contributed by atoms with van der Waals surface area (Å²) in [6.07, 6.45) is 1.90. The molecule has 3 aromatic carbocycles. The van der Waals surface area contributed by atoms with Gasteiger partial charge in [0.15, 0.2) is 0 Å². The zero-order valence-corrected chi connectivity index (χ0v) is 23.5. The second-order valence-corrected chi connectivity index (χ2v) is 12.0. The molecular weight excluding hydrogens is 488 g/mol. The van der Waals surface area contributed by atoms with Crippen molar-refractivity contribution in [2.45, 2.75) is 57.6 Å². The second kappa shape index (κ2) is 11.0. The molecule has 6 nitrogen and oxygen atoms in total. The monoisotopic (exact) mass is 528 g/mol. The summed E-state index contributed by atoms with van der Waals surface area (Å²) >= 11 is 0. The van der Waals surface area contributed by atoms with Gasteiger partial charge in [-0.1, -0.05) is 56.3 Å². The van der Waals surface area contributed by atoms with Gasteiger partial charge in [0.1, 0.15) is 11.9 Å². The molecule has 1 unspecified atom stereocenters. The molecular formula is C33H40N2O4. The molecule has 1 saturated heterocycles. The van der Waals surface area contributed by atoms with Gasteiger partial charge in [-0.05, 0) is 73.0 Å². The van der Waals surface area contributed by atoms with Gasteiger partial charge >= 0.3 is 5.97 Å². The summed E-state index contributed by atoms with van der Waals surface area (Å²) in [7, 11) is 2.11. The maximum absolute atomic E-state index is 14.2. The lowest BCUT2D eigenvalue weighted by Gasteiger charge is -2.56. The van der Waals surface area contributed by atoms with Gasteiger partial charge in [0.05, 0.1) is 0 Å². The molecule has 1 aliphatic heterocycles. The molecule has 1 amide bonds. The van der Waals surface area contributed by atoms with Crippen molar-refractivity contribution in [3.63, 3.8) is 0 Å². The first kappa shape index (κ1) is 27.2. The Hall–Kier alpha value is -3.38. The Bertz CT molecular complexity index is 1350. The number of nitrogens with zero attached hydrogens (tertiary/aromatic N) is 2. The number of phenols is 1. The van der Waals surface area contributed by atoms with Crippen LogP contribution < -0.4 is 0 Å². The van der Waals surface area contributed by atoms with Crippen LogP contribution in [0.1, 0.15) is 56.0 Å². The van der Waals surface area contributed by atoms with E-state index in [1.165, 1.54) is 6.92 Å². The van der Waals surface area contributed by atoms with Gasteiger partial charge in [0, 0.05) is 49.4 Å². The van der Waals surface area contributed by atoms with Gasteiger partial charge < -0.3 is 19.6 Å². The first-order valence-corrected chi connectivity index (χ1v) is 14.1. The van der Waals surface area contributed by atoms with E-state index in [2.05, 4.69) is 37.9 Å². The lowest BCUT2D eigenvalue weighted by atomic mass is 9.56. The average molecular weight is 529 g/mol. The van der Waals surface area contributed by atoms with Crippen LogP contribution in [0.15, 0.2) is 66.7 Å². The van der Waals surface area contributed by atoms with Crippen LogP contribution >= 0.6 is 0 Å². The summed E-state index contributed by atoms with van der Waals surface area (Å²) in [5, 5.41) is 12.6. The molecule has 0 spiro atoms. The van der Waals surface area contributed by atoms with E-state index in [0.717, 1.165) is 42.3 Å². The summed E-state index contributed by atoms with van der Waals surface area (Å²) < 4.78 is 6.05. The third-order valence-electron chi connectivity index (χ3n) is 8.71. The van der Waals surface area contributed by atoms with E-state index in [1.807, 2.05) is 53.4 Å². The highest BCUT2D eigenvalue weighted by atomic mass is 16.5. The van der Waals surface area contributed by atoms with Crippen LogP contribution in [0.4, 0.5) is 0 Å². The van der Waals surface area contributed by atoms with Crippen LogP contribution in [-0.4, -0.2) is 65.6 Å². The molecule has 5 rings (SSSR count). The molecule has 0 aromatic heterocycles. The standard InChI is InChI=1S/C33H40N2O4/c1-22(2)20-35(32(38)26-13-12-24-8-5-6-9-25(24)16-26)28-18-31(39-23(3)36)30-21-34(4)15-14-33(30,19-28)27-10-7-11-29(37)17-27/h5-13,16-17,22,28,30-31,37H,14-15,18-21H2,1-4H3/t28-,30+,31?,33+/m1/s1. The summed E-state index contributed by atoms with van der Waals surface area (Å²) in [5.74, 6) is 0.286. The number of phenolic OH excluding ortho intramolecular Hbond substituents is 1. The van der Waals surface area contributed by atoms with Crippen LogP contribution in [-0.2, 0) is 14.9 Å². The number of hydrogen-bond acceptors (Lipinski definition) is 5. The average Bonchev–Trinajstić information content (AvgIpc) is 2.91. The first-order chi connectivity index (χ1) is 18.7. The lowest BCUT2D eigenvalue weighted by molar-refractivity contribution is -0.158. The molecule has 1 aliphatic carbocycles. The zero-order valence-electron chi connectivity index (χ0n) is 23.5. The van der Waals surface area contributed by atoms with Crippen molar-refractivity contribution in [1.82, 2.24) is 9.80 Å². The number of rotatable bonds is 6. The van der Waals surface area contributed by atoms with Crippen LogP contribution in [0.5, 0.6) is 5.75 Å². The Morgan fingerprint density at radius 2 is 1.85 bits per heavy atom. The molecule has 2 aliphatic rings. The van der Waals surface area contributed by atoms with Gasteiger partial charge in [0.2, 0.25) is 0 Å². The number of aromatic hydroxyl groups is 1. The van der Waals surface area contributed by atoms with Gasteiger partial charge in [-0.2, -0.15) is 0 Å². The molecule has 0 radical (unpaired) electrons. The van der Waals surface area contributed by atoms with Gasteiger partial charge in [-0.3, -0.25) is 9.59 Å². The Balaban J connectivity index is 1.58. The fourth-order valence-corrected chi connectivity index (χ4v) is 6.99. The summed E-state index contributed by atoms with van der Waals surface area (Å²) in [6.45, 7) is 8.05. The van der Waals surface area contributed by atoms with Crippen LogP contribution in [0.25, 0.3) is 10.8 Å². The van der Waals surface area contributed by atoms with Crippen LogP contribution in [0, 0.1) is 11.8 Å². The van der Waals surface area contributed by atoms with Crippen molar-refractivity contribution >= 4 is 22.6 Å². The summed E-state index contributed by atoms with van der Waals surface area (Å²) in [5.41, 5.74) is 1.41. The second-order valence-electron chi connectivity index (χ2n) is 12.0. The van der Waals surface area contributed by atoms with Crippen molar-refractivity contribution in [2.75, 3.05) is 26.7 Å². The Kier molecular flexibility index (Phi) is 7.68. The molecule has 3 aromatic rings. The minimum atomic E-state index is -0.328. The molecule has 1 N–H and O–H groups in total. The number of carbonyl (C=O) groups excluding carboxylic acids is 2. The molecule has 1 heterocycles. The van der Waals surface area contributed by atoms with Crippen LogP contribution in [0.3, 0.4) is 0 Å². The third kappa shape index (κ3) is 5.53. The van der Waals surface area contributed by atoms with Gasteiger partial charge in [-0.25, -0.2) is 0 Å². The lowest BCUT2D eigenvalue weighted by Crippen LogP contribution is -2.62. The van der Waals surface area contributed by atoms with Crippen molar-refractivity contribution < 1.29 is 19.4 Å². The number of hydrogen-bond donors (Lipinski definition) is 1. The normalized spacial score (nSPS) is 25.3. The third-order valence-corrected chi connectivity index (χ3v) is 8.71. The Morgan fingerprint density at radius 3 is 2.56 bits per heavy atom. The predicted molar refractivity (Wildman–Crippen MR) is 154 cm³/mol. The topological polar surface area (TPSA) is 70.1 Å². The number of likely N-dealkylation sites (tertiary alicyclic amines) is 1. The minimum absolute atomic E-state index is 0.0125. The zero-order chi connectivity index (χ0) is 27.7. The maximum atomic E-state index is 14.2. The summed E-state index contributed by atoms with van der Waals surface area (Å²) in [6, 6.07) is 21.4. The quantitative estimate of drug-likeness (QED) is 0.420. The molecule has 206 valence electrons. The fraction of sp³-hybridized carbons (Fsp3) is 0.455. The maximum Gasteiger partial charge on any atom is 0.302 e. The number of amides is 1. The largest absolute Gasteiger partial charge is 0.508 e. The molecule has 4 atom stereocenters. The molecule has 2 fully saturated rings. The number of fused-ring (bicyclic) bond motifs is 2. The Morgan fingerprint density at radius 1 is 1.08 bits per heavy atom. The van der Waals surface area contributed by atoms with Gasteiger partial charge in [0.25, 0.3) is 5.91 Å². The SMILES string of the molecule is CC(=O)OC1C[C@@H](N(CC(C)C)C(=O)c2ccc3ccccc3c2)C[C@]2(c3cccc(O)c3)CCN(C)C[C@@H]12. The number of esters is 1. The van der Waals surface area contributed by atoms with Crippen molar-refractivity contribution in [1.29, 1.82) is 0 Å².